The van der Waals surface area contributed by atoms with Crippen LogP contribution in [0.15, 0.2) is 55.4 Å². The maximum Gasteiger partial charge on any atom is 0.246 e. The van der Waals surface area contributed by atoms with Gasteiger partial charge in [-0.05, 0) is 18.2 Å². The molecule has 6 nitrogen and oxygen atoms in total. The van der Waals surface area contributed by atoms with Crippen molar-refractivity contribution >= 4 is 17.5 Å². The molecule has 2 amide bonds. The molecule has 0 atom stereocenters. The first-order chi connectivity index (χ1) is 10.7. The Kier molecular flexibility index (Phi) is 3.74. The number of para-hydroxylation sites is 1. The average Bonchev–Trinajstić information content (AvgIpc) is 3.04. The Morgan fingerprint density at radius 1 is 1.18 bits per heavy atom. The standard InChI is InChI=1S/C16H16N4O2/c1-2-15(21)18-8-9-19(16(22)12-18)14-10-17-20(11-14)13-6-4-3-5-7-13/h2-7,10-11H,1,8-9,12H2. The zero-order chi connectivity index (χ0) is 15.5. The number of benzene rings is 1. The lowest BCUT2D eigenvalue weighted by atomic mass is 10.2. The second-order valence-electron chi connectivity index (χ2n) is 4.99. The van der Waals surface area contributed by atoms with E-state index in [1.54, 1.807) is 15.8 Å². The van der Waals surface area contributed by atoms with Crippen LogP contribution in [0.5, 0.6) is 0 Å². The van der Waals surface area contributed by atoms with Crippen molar-refractivity contribution in [1.82, 2.24) is 14.7 Å². The second kappa shape index (κ2) is 5.85. The van der Waals surface area contributed by atoms with Crippen molar-refractivity contribution in [3.8, 4) is 5.69 Å². The normalized spacial score (nSPS) is 15.0. The highest BCUT2D eigenvalue weighted by Gasteiger charge is 2.27. The number of carbonyl (C=O) groups is 2. The number of carbonyl (C=O) groups excluding carboxylic acids is 2. The topological polar surface area (TPSA) is 58.4 Å². The molecular formula is C16H16N4O2. The highest BCUT2D eigenvalue weighted by molar-refractivity contribution is 5.99. The van der Waals surface area contributed by atoms with E-state index < -0.39 is 0 Å². The van der Waals surface area contributed by atoms with E-state index in [0.29, 0.717) is 13.1 Å². The molecule has 1 fully saturated rings. The summed E-state index contributed by atoms with van der Waals surface area (Å²) in [5.74, 6) is -0.331. The van der Waals surface area contributed by atoms with E-state index in [9.17, 15) is 9.59 Å². The molecule has 0 bridgehead atoms. The monoisotopic (exact) mass is 296 g/mol. The molecule has 0 saturated carbocycles. The fraction of sp³-hybridized carbons (Fsp3) is 0.188. The molecule has 6 heteroatoms. The Morgan fingerprint density at radius 3 is 2.64 bits per heavy atom. The van der Waals surface area contributed by atoms with Gasteiger partial charge in [0.2, 0.25) is 11.8 Å². The van der Waals surface area contributed by atoms with Crippen LogP contribution in [-0.2, 0) is 9.59 Å². The summed E-state index contributed by atoms with van der Waals surface area (Å²) >= 11 is 0. The number of anilines is 1. The number of rotatable bonds is 3. The number of hydrogen-bond acceptors (Lipinski definition) is 3. The first-order valence-electron chi connectivity index (χ1n) is 7.01. The largest absolute Gasteiger partial charge is 0.328 e. The van der Waals surface area contributed by atoms with E-state index in [2.05, 4.69) is 11.7 Å². The molecule has 2 aromatic rings. The van der Waals surface area contributed by atoms with E-state index >= 15 is 0 Å². The quantitative estimate of drug-likeness (QED) is 0.801. The van der Waals surface area contributed by atoms with Crippen LogP contribution in [0.1, 0.15) is 0 Å². The van der Waals surface area contributed by atoms with Crippen LogP contribution in [0.4, 0.5) is 5.69 Å². The third kappa shape index (κ3) is 2.63. The van der Waals surface area contributed by atoms with Crippen molar-refractivity contribution in [2.45, 2.75) is 0 Å². The SMILES string of the molecule is C=CC(=O)N1CCN(c2cnn(-c3ccccc3)c2)C(=O)C1. The molecule has 1 aliphatic rings. The molecule has 0 N–H and O–H groups in total. The van der Waals surface area contributed by atoms with Gasteiger partial charge in [0.05, 0.1) is 23.8 Å². The Labute approximate surface area is 128 Å². The third-order valence-corrected chi connectivity index (χ3v) is 3.61. The fourth-order valence-corrected chi connectivity index (χ4v) is 2.44. The van der Waals surface area contributed by atoms with E-state index in [4.69, 9.17) is 0 Å². The first kappa shape index (κ1) is 14.1. The van der Waals surface area contributed by atoms with Gasteiger partial charge in [0, 0.05) is 13.1 Å². The van der Waals surface area contributed by atoms with Crippen molar-refractivity contribution < 1.29 is 9.59 Å². The van der Waals surface area contributed by atoms with Crippen LogP contribution in [-0.4, -0.2) is 46.1 Å². The summed E-state index contributed by atoms with van der Waals surface area (Å²) in [6, 6.07) is 9.69. The van der Waals surface area contributed by atoms with E-state index in [0.717, 1.165) is 11.4 Å². The Balaban J connectivity index is 1.76. The minimum atomic E-state index is -0.215. The lowest BCUT2D eigenvalue weighted by molar-refractivity contribution is -0.133. The molecule has 0 spiro atoms. The molecular weight excluding hydrogens is 280 g/mol. The van der Waals surface area contributed by atoms with Crippen LogP contribution >= 0.6 is 0 Å². The van der Waals surface area contributed by atoms with Crippen LogP contribution in [0.25, 0.3) is 5.69 Å². The van der Waals surface area contributed by atoms with Crippen molar-refractivity contribution in [3.05, 3.63) is 55.4 Å². The van der Waals surface area contributed by atoms with Crippen molar-refractivity contribution in [1.29, 1.82) is 0 Å². The van der Waals surface area contributed by atoms with Crippen LogP contribution in [0.3, 0.4) is 0 Å². The Bertz CT molecular complexity index is 708. The molecule has 1 aliphatic heterocycles. The summed E-state index contributed by atoms with van der Waals surface area (Å²) in [4.78, 5) is 26.9. The van der Waals surface area contributed by atoms with Crippen LogP contribution < -0.4 is 4.90 Å². The Morgan fingerprint density at radius 2 is 1.95 bits per heavy atom. The molecule has 0 unspecified atom stereocenters. The zero-order valence-electron chi connectivity index (χ0n) is 12.1. The highest BCUT2D eigenvalue weighted by Crippen LogP contribution is 2.18. The van der Waals surface area contributed by atoms with Gasteiger partial charge in [0.25, 0.3) is 0 Å². The third-order valence-electron chi connectivity index (χ3n) is 3.61. The minimum Gasteiger partial charge on any atom is -0.328 e. The summed E-state index contributed by atoms with van der Waals surface area (Å²) in [7, 11) is 0. The molecule has 3 rings (SSSR count). The minimum absolute atomic E-state index is 0.0708. The predicted octanol–water partition coefficient (Wildman–Crippen LogP) is 1.23. The molecule has 0 aliphatic carbocycles. The van der Waals surface area contributed by atoms with Crippen LogP contribution in [0, 0.1) is 0 Å². The number of nitrogens with zero attached hydrogens (tertiary/aromatic N) is 4. The van der Waals surface area contributed by atoms with Crippen LogP contribution in [0.2, 0.25) is 0 Å². The van der Waals surface area contributed by atoms with Gasteiger partial charge in [-0.3, -0.25) is 9.59 Å². The highest BCUT2D eigenvalue weighted by atomic mass is 16.2. The van der Waals surface area contributed by atoms with Crippen molar-refractivity contribution in [3.63, 3.8) is 0 Å². The first-order valence-corrected chi connectivity index (χ1v) is 7.01. The number of hydrogen-bond donors (Lipinski definition) is 0. The summed E-state index contributed by atoms with van der Waals surface area (Å²) in [6.45, 7) is 4.47. The van der Waals surface area contributed by atoms with Gasteiger partial charge in [0.15, 0.2) is 0 Å². The van der Waals surface area contributed by atoms with Crippen molar-refractivity contribution in [2.24, 2.45) is 0 Å². The zero-order valence-corrected chi connectivity index (χ0v) is 12.1. The summed E-state index contributed by atoms with van der Waals surface area (Å²) < 4.78 is 1.73. The van der Waals surface area contributed by atoms with Gasteiger partial charge in [0.1, 0.15) is 6.54 Å². The van der Waals surface area contributed by atoms with Gasteiger partial charge >= 0.3 is 0 Å². The van der Waals surface area contributed by atoms with Gasteiger partial charge in [-0.2, -0.15) is 5.10 Å². The van der Waals surface area contributed by atoms with Gasteiger partial charge in [-0.15, -0.1) is 0 Å². The fourth-order valence-electron chi connectivity index (χ4n) is 2.44. The van der Waals surface area contributed by atoms with Crippen molar-refractivity contribution in [2.75, 3.05) is 24.5 Å². The second-order valence-corrected chi connectivity index (χ2v) is 4.99. The average molecular weight is 296 g/mol. The number of piperazine rings is 1. The molecule has 112 valence electrons. The van der Waals surface area contributed by atoms with E-state index in [1.165, 1.54) is 11.0 Å². The number of amides is 2. The molecule has 1 saturated heterocycles. The molecule has 1 aromatic heterocycles. The predicted molar refractivity (Wildman–Crippen MR) is 82.7 cm³/mol. The maximum atomic E-state index is 12.2. The summed E-state index contributed by atoms with van der Waals surface area (Å²) in [5.41, 5.74) is 1.67. The molecule has 22 heavy (non-hydrogen) atoms. The van der Waals surface area contributed by atoms with E-state index in [-0.39, 0.29) is 18.4 Å². The lowest BCUT2D eigenvalue weighted by Gasteiger charge is -2.32. The smallest absolute Gasteiger partial charge is 0.246 e. The number of aromatic nitrogens is 2. The lowest BCUT2D eigenvalue weighted by Crippen LogP contribution is -2.52. The summed E-state index contributed by atoms with van der Waals surface area (Å²) in [6.07, 6.45) is 4.71. The van der Waals surface area contributed by atoms with E-state index in [1.807, 2.05) is 36.5 Å². The maximum absolute atomic E-state index is 12.2. The van der Waals surface area contributed by atoms with Gasteiger partial charge in [-0.25, -0.2) is 4.68 Å². The molecule has 0 radical (unpaired) electrons. The summed E-state index contributed by atoms with van der Waals surface area (Å²) in [5, 5.41) is 4.29. The molecule has 2 heterocycles. The van der Waals surface area contributed by atoms with Gasteiger partial charge in [-0.1, -0.05) is 24.8 Å². The Hall–Kier alpha value is -2.89. The van der Waals surface area contributed by atoms with Gasteiger partial charge < -0.3 is 9.80 Å². The molecule has 1 aromatic carbocycles.